The number of nitrogens with one attached hydrogen (secondary N) is 2. The van der Waals surface area contributed by atoms with Crippen LogP contribution in [0.15, 0.2) is 35.3 Å². The van der Waals surface area contributed by atoms with Crippen LogP contribution in [-0.4, -0.2) is 55.6 Å². The molecule has 0 aromatic heterocycles. The Bertz CT molecular complexity index is 577. The number of ether oxygens (including phenoxy) is 1. The van der Waals surface area contributed by atoms with Crippen LogP contribution in [0.1, 0.15) is 45.1 Å². The number of nitrogens with zero attached hydrogens (tertiary/aromatic N) is 2. The Labute approximate surface area is 163 Å². The highest BCUT2D eigenvalue weighted by atomic mass is 16.5. The second-order valence-corrected chi connectivity index (χ2v) is 6.83. The van der Waals surface area contributed by atoms with Crippen LogP contribution in [0.4, 0.5) is 0 Å². The monoisotopic (exact) mass is 374 g/mol. The number of hydrogen-bond acceptors (Lipinski definition) is 3. The van der Waals surface area contributed by atoms with Gasteiger partial charge in [-0.3, -0.25) is 9.79 Å². The standard InChI is InChI=1S/C21H34N4O2/c1-3-20(26)25-14-12-19(16-25)24-21(22-4-2)23-13-8-9-15-27-17-18-10-6-5-7-11-18/h5-7,10-11,19H,3-4,8-9,12-17H2,1-2H3,(H2,22,23,24). The fourth-order valence-corrected chi connectivity index (χ4v) is 3.11. The highest BCUT2D eigenvalue weighted by molar-refractivity contribution is 5.80. The molecule has 6 heteroatoms. The lowest BCUT2D eigenvalue weighted by Gasteiger charge is -2.18. The van der Waals surface area contributed by atoms with Crippen LogP contribution in [0.3, 0.4) is 0 Å². The Kier molecular flexibility index (Phi) is 9.69. The predicted molar refractivity (Wildman–Crippen MR) is 110 cm³/mol. The molecule has 2 N–H and O–H groups in total. The van der Waals surface area contributed by atoms with Crippen LogP contribution in [0.5, 0.6) is 0 Å². The van der Waals surface area contributed by atoms with Crippen molar-refractivity contribution < 1.29 is 9.53 Å². The van der Waals surface area contributed by atoms with E-state index in [0.717, 1.165) is 58.0 Å². The first-order valence-corrected chi connectivity index (χ1v) is 10.2. The van der Waals surface area contributed by atoms with E-state index in [9.17, 15) is 4.79 Å². The summed E-state index contributed by atoms with van der Waals surface area (Å²) in [6.45, 7) is 8.61. The number of guanidine groups is 1. The minimum absolute atomic E-state index is 0.233. The average Bonchev–Trinajstić information content (AvgIpc) is 3.16. The van der Waals surface area contributed by atoms with E-state index in [2.05, 4.69) is 34.7 Å². The summed E-state index contributed by atoms with van der Waals surface area (Å²) in [6, 6.07) is 10.5. The van der Waals surface area contributed by atoms with Gasteiger partial charge in [-0.15, -0.1) is 0 Å². The van der Waals surface area contributed by atoms with Gasteiger partial charge in [-0.25, -0.2) is 0 Å². The lowest BCUT2D eigenvalue weighted by atomic mass is 10.2. The van der Waals surface area contributed by atoms with Crippen molar-refractivity contribution in [3.63, 3.8) is 0 Å². The molecule has 0 radical (unpaired) electrons. The lowest BCUT2D eigenvalue weighted by Crippen LogP contribution is -2.45. The highest BCUT2D eigenvalue weighted by Gasteiger charge is 2.25. The van der Waals surface area contributed by atoms with Gasteiger partial charge >= 0.3 is 0 Å². The fraction of sp³-hybridized carbons (Fsp3) is 0.619. The largest absolute Gasteiger partial charge is 0.377 e. The maximum atomic E-state index is 11.8. The zero-order valence-corrected chi connectivity index (χ0v) is 16.7. The molecule has 0 saturated carbocycles. The van der Waals surface area contributed by atoms with Crippen LogP contribution in [-0.2, 0) is 16.1 Å². The third-order valence-electron chi connectivity index (χ3n) is 4.61. The van der Waals surface area contributed by atoms with Crippen molar-refractivity contribution in [2.75, 3.05) is 32.8 Å². The molecule has 1 saturated heterocycles. The van der Waals surface area contributed by atoms with Crippen LogP contribution >= 0.6 is 0 Å². The summed E-state index contributed by atoms with van der Waals surface area (Å²) in [7, 11) is 0. The smallest absolute Gasteiger partial charge is 0.222 e. The number of unbranched alkanes of at least 4 members (excludes halogenated alkanes) is 1. The number of aliphatic imine (C=N–C) groups is 1. The maximum absolute atomic E-state index is 11.8. The Balaban J connectivity index is 1.62. The van der Waals surface area contributed by atoms with Gasteiger partial charge in [0.05, 0.1) is 6.61 Å². The minimum Gasteiger partial charge on any atom is -0.377 e. The first kappa shape index (κ1) is 21.2. The second kappa shape index (κ2) is 12.3. The summed E-state index contributed by atoms with van der Waals surface area (Å²) < 4.78 is 5.71. The number of rotatable bonds is 10. The molecule has 0 aliphatic carbocycles. The molecule has 1 fully saturated rings. The maximum Gasteiger partial charge on any atom is 0.222 e. The third-order valence-corrected chi connectivity index (χ3v) is 4.61. The molecule has 1 unspecified atom stereocenters. The third kappa shape index (κ3) is 7.99. The fourth-order valence-electron chi connectivity index (χ4n) is 3.11. The Morgan fingerprint density at radius 2 is 2.07 bits per heavy atom. The summed E-state index contributed by atoms with van der Waals surface area (Å²) >= 11 is 0. The summed E-state index contributed by atoms with van der Waals surface area (Å²) in [4.78, 5) is 18.4. The molecular weight excluding hydrogens is 340 g/mol. The van der Waals surface area contributed by atoms with Gasteiger partial charge in [0.25, 0.3) is 0 Å². The van der Waals surface area contributed by atoms with Gasteiger partial charge in [-0.1, -0.05) is 37.3 Å². The number of benzene rings is 1. The van der Waals surface area contributed by atoms with Gasteiger partial charge < -0.3 is 20.3 Å². The van der Waals surface area contributed by atoms with Crippen molar-refractivity contribution in [3.8, 4) is 0 Å². The van der Waals surface area contributed by atoms with E-state index < -0.39 is 0 Å². The Morgan fingerprint density at radius 1 is 1.26 bits per heavy atom. The van der Waals surface area contributed by atoms with Gasteiger partial charge in [0, 0.05) is 45.2 Å². The first-order chi connectivity index (χ1) is 13.2. The Morgan fingerprint density at radius 3 is 2.81 bits per heavy atom. The van der Waals surface area contributed by atoms with E-state index in [4.69, 9.17) is 4.74 Å². The Hall–Kier alpha value is -2.08. The number of carbonyl (C=O) groups excluding carboxylic acids is 1. The van der Waals surface area contributed by atoms with Gasteiger partial charge in [0.1, 0.15) is 0 Å². The highest BCUT2D eigenvalue weighted by Crippen LogP contribution is 2.10. The molecule has 1 aliphatic heterocycles. The molecule has 150 valence electrons. The van der Waals surface area contributed by atoms with Crippen LogP contribution in [0.2, 0.25) is 0 Å². The van der Waals surface area contributed by atoms with Gasteiger partial charge in [0.2, 0.25) is 5.91 Å². The van der Waals surface area contributed by atoms with Crippen molar-refractivity contribution >= 4 is 11.9 Å². The van der Waals surface area contributed by atoms with E-state index in [0.29, 0.717) is 13.0 Å². The summed E-state index contributed by atoms with van der Waals surface area (Å²) in [5.41, 5.74) is 1.21. The van der Waals surface area contributed by atoms with Crippen LogP contribution in [0, 0.1) is 0 Å². The van der Waals surface area contributed by atoms with Crippen molar-refractivity contribution in [1.82, 2.24) is 15.5 Å². The first-order valence-electron chi connectivity index (χ1n) is 10.2. The predicted octanol–water partition coefficient (Wildman–Crippen LogP) is 2.55. The molecular formula is C21H34N4O2. The molecule has 2 rings (SSSR count). The molecule has 1 heterocycles. The van der Waals surface area contributed by atoms with Crippen molar-refractivity contribution in [1.29, 1.82) is 0 Å². The lowest BCUT2D eigenvalue weighted by molar-refractivity contribution is -0.129. The molecule has 1 atom stereocenters. The summed E-state index contributed by atoms with van der Waals surface area (Å²) in [5, 5.41) is 6.76. The molecule has 0 bridgehead atoms. The van der Waals surface area contributed by atoms with Crippen LogP contribution in [0.25, 0.3) is 0 Å². The number of amides is 1. The van der Waals surface area contributed by atoms with Crippen molar-refractivity contribution in [3.05, 3.63) is 35.9 Å². The van der Waals surface area contributed by atoms with Crippen molar-refractivity contribution in [2.45, 2.75) is 52.2 Å². The van der Waals surface area contributed by atoms with E-state index >= 15 is 0 Å². The molecule has 1 aromatic rings. The number of hydrogen-bond donors (Lipinski definition) is 2. The SMILES string of the molecule is CCNC(=NCCCCOCc1ccccc1)NC1CCN(C(=O)CC)C1. The van der Waals surface area contributed by atoms with Gasteiger partial charge in [-0.2, -0.15) is 0 Å². The minimum atomic E-state index is 0.233. The molecule has 1 aliphatic rings. The molecule has 0 spiro atoms. The van der Waals surface area contributed by atoms with Crippen molar-refractivity contribution in [2.24, 2.45) is 4.99 Å². The number of likely N-dealkylation sites (tertiary alicyclic amines) is 1. The molecule has 6 nitrogen and oxygen atoms in total. The zero-order chi connectivity index (χ0) is 19.3. The van der Waals surface area contributed by atoms with E-state index in [1.54, 1.807) is 0 Å². The molecule has 1 amide bonds. The average molecular weight is 375 g/mol. The topological polar surface area (TPSA) is 66.0 Å². The van der Waals surface area contributed by atoms with Crippen LogP contribution < -0.4 is 10.6 Å². The van der Waals surface area contributed by atoms with Gasteiger partial charge in [-0.05, 0) is 31.7 Å². The number of carbonyl (C=O) groups is 1. The quantitative estimate of drug-likeness (QED) is 0.375. The zero-order valence-electron chi connectivity index (χ0n) is 16.7. The normalized spacial score (nSPS) is 17.2. The summed E-state index contributed by atoms with van der Waals surface area (Å²) in [5.74, 6) is 1.08. The second-order valence-electron chi connectivity index (χ2n) is 6.83. The molecule has 1 aromatic carbocycles. The van der Waals surface area contributed by atoms with E-state index in [1.165, 1.54) is 5.56 Å². The van der Waals surface area contributed by atoms with E-state index in [-0.39, 0.29) is 11.9 Å². The molecule has 27 heavy (non-hydrogen) atoms. The summed E-state index contributed by atoms with van der Waals surface area (Å²) in [6.07, 6.45) is 3.55. The van der Waals surface area contributed by atoms with Gasteiger partial charge in [0.15, 0.2) is 5.96 Å². The van der Waals surface area contributed by atoms with E-state index in [1.807, 2.05) is 30.0 Å².